The normalized spacial score (nSPS) is 10.9. The number of aryl methyl sites for hydroxylation is 1. The zero-order valence-electron chi connectivity index (χ0n) is 13.3. The molecule has 0 spiro atoms. The van der Waals surface area contributed by atoms with E-state index in [1.165, 1.54) is 0 Å². The number of fused-ring (bicyclic) bond motifs is 1. The van der Waals surface area contributed by atoms with Gasteiger partial charge in [-0.25, -0.2) is 9.97 Å². The molecular weight excluding hydrogens is 298 g/mol. The van der Waals surface area contributed by atoms with Crippen LogP contribution in [0.4, 0.5) is 11.6 Å². The first-order valence-electron chi connectivity index (χ1n) is 7.97. The Kier molecular flexibility index (Phi) is 3.67. The third kappa shape index (κ3) is 2.72. The number of hydrogen-bond donors (Lipinski definition) is 2. The Morgan fingerprint density at radius 2 is 1.75 bits per heavy atom. The number of para-hydroxylation sites is 1. The maximum Gasteiger partial charge on any atom is 0.162 e. The molecule has 0 fully saturated rings. The van der Waals surface area contributed by atoms with Crippen LogP contribution in [0.5, 0.6) is 0 Å². The Hall–Kier alpha value is -3.21. The highest BCUT2D eigenvalue weighted by Crippen LogP contribution is 2.26. The summed E-state index contributed by atoms with van der Waals surface area (Å²) in [6.45, 7) is 2.09. The molecule has 0 amide bonds. The Bertz CT molecular complexity index is 975. The number of benzene rings is 2. The van der Waals surface area contributed by atoms with Gasteiger partial charge in [-0.05, 0) is 18.6 Å². The van der Waals surface area contributed by atoms with E-state index < -0.39 is 0 Å². The van der Waals surface area contributed by atoms with E-state index in [4.69, 9.17) is 4.98 Å². The molecule has 0 bridgehead atoms. The number of rotatable bonds is 4. The first-order valence-corrected chi connectivity index (χ1v) is 7.97. The SMILES string of the molecule is CCc1cc(Nc2nc(-c3ccccc3)nc3ccccc23)n[nH]1. The number of H-pyrrole nitrogens is 1. The van der Waals surface area contributed by atoms with Gasteiger partial charge in [-0.15, -0.1) is 0 Å². The molecule has 2 aromatic heterocycles. The first kappa shape index (κ1) is 14.4. The summed E-state index contributed by atoms with van der Waals surface area (Å²) in [5.41, 5.74) is 2.97. The van der Waals surface area contributed by atoms with E-state index in [0.717, 1.165) is 40.2 Å². The standard InChI is InChI=1S/C19H17N5/c1-2-14-12-17(24-23-14)21-19-15-10-6-7-11-16(15)20-18(22-19)13-8-4-3-5-9-13/h3-12H,2H2,1H3,(H2,20,21,22,23,24). The highest BCUT2D eigenvalue weighted by Gasteiger charge is 2.10. The van der Waals surface area contributed by atoms with Crippen LogP contribution >= 0.6 is 0 Å². The van der Waals surface area contributed by atoms with Gasteiger partial charge in [-0.3, -0.25) is 5.10 Å². The van der Waals surface area contributed by atoms with Gasteiger partial charge in [0, 0.05) is 22.7 Å². The maximum atomic E-state index is 4.73. The summed E-state index contributed by atoms with van der Waals surface area (Å²) in [6, 6.07) is 20.0. The summed E-state index contributed by atoms with van der Waals surface area (Å²) in [5, 5.41) is 11.6. The number of hydrogen-bond acceptors (Lipinski definition) is 4. The molecule has 24 heavy (non-hydrogen) atoms. The second-order valence-corrected chi connectivity index (χ2v) is 5.54. The van der Waals surface area contributed by atoms with Crippen molar-refractivity contribution in [2.75, 3.05) is 5.32 Å². The number of aromatic amines is 1. The topological polar surface area (TPSA) is 66.5 Å². The average Bonchev–Trinajstić information content (AvgIpc) is 3.10. The van der Waals surface area contributed by atoms with Gasteiger partial charge in [-0.2, -0.15) is 5.10 Å². The quantitative estimate of drug-likeness (QED) is 0.588. The summed E-state index contributed by atoms with van der Waals surface area (Å²) in [4.78, 5) is 9.42. The van der Waals surface area contributed by atoms with E-state index in [0.29, 0.717) is 5.82 Å². The van der Waals surface area contributed by atoms with Crippen molar-refractivity contribution >= 4 is 22.5 Å². The van der Waals surface area contributed by atoms with Crippen LogP contribution in [0.25, 0.3) is 22.3 Å². The first-order chi connectivity index (χ1) is 11.8. The van der Waals surface area contributed by atoms with E-state index in [-0.39, 0.29) is 0 Å². The van der Waals surface area contributed by atoms with Gasteiger partial charge in [0.15, 0.2) is 11.6 Å². The van der Waals surface area contributed by atoms with Crippen molar-refractivity contribution in [3.05, 3.63) is 66.4 Å². The van der Waals surface area contributed by atoms with Crippen molar-refractivity contribution in [3.63, 3.8) is 0 Å². The molecule has 0 saturated heterocycles. The Balaban J connectivity index is 1.83. The molecule has 2 aromatic carbocycles. The van der Waals surface area contributed by atoms with E-state index in [1.54, 1.807) is 0 Å². The molecule has 5 heteroatoms. The molecule has 0 atom stereocenters. The van der Waals surface area contributed by atoms with Gasteiger partial charge in [-0.1, -0.05) is 49.4 Å². The lowest BCUT2D eigenvalue weighted by atomic mass is 10.2. The zero-order chi connectivity index (χ0) is 16.4. The summed E-state index contributed by atoms with van der Waals surface area (Å²) >= 11 is 0. The minimum absolute atomic E-state index is 0.697. The van der Waals surface area contributed by atoms with Gasteiger partial charge in [0.1, 0.15) is 5.82 Å². The van der Waals surface area contributed by atoms with Crippen LogP contribution in [0.1, 0.15) is 12.6 Å². The lowest BCUT2D eigenvalue weighted by molar-refractivity contribution is 0.976. The second kappa shape index (κ2) is 6.12. The number of anilines is 2. The third-order valence-corrected chi connectivity index (χ3v) is 3.89. The van der Waals surface area contributed by atoms with E-state index in [9.17, 15) is 0 Å². The summed E-state index contributed by atoms with van der Waals surface area (Å²) < 4.78 is 0. The van der Waals surface area contributed by atoms with Gasteiger partial charge in [0.05, 0.1) is 5.52 Å². The van der Waals surface area contributed by atoms with Crippen LogP contribution in [0.2, 0.25) is 0 Å². The van der Waals surface area contributed by atoms with E-state index in [2.05, 4.69) is 27.4 Å². The van der Waals surface area contributed by atoms with Gasteiger partial charge in [0.2, 0.25) is 0 Å². The molecule has 0 unspecified atom stereocenters. The second-order valence-electron chi connectivity index (χ2n) is 5.54. The highest BCUT2D eigenvalue weighted by molar-refractivity contribution is 5.91. The van der Waals surface area contributed by atoms with Crippen LogP contribution in [-0.4, -0.2) is 20.2 Å². The largest absolute Gasteiger partial charge is 0.323 e. The van der Waals surface area contributed by atoms with Crippen LogP contribution < -0.4 is 5.32 Å². The molecule has 0 aliphatic heterocycles. The molecule has 4 aromatic rings. The van der Waals surface area contributed by atoms with E-state index >= 15 is 0 Å². The van der Waals surface area contributed by atoms with Crippen molar-refractivity contribution in [1.82, 2.24) is 20.2 Å². The maximum absolute atomic E-state index is 4.73. The Labute approximate surface area is 139 Å². The highest BCUT2D eigenvalue weighted by atomic mass is 15.2. The Morgan fingerprint density at radius 1 is 0.958 bits per heavy atom. The molecule has 5 nitrogen and oxygen atoms in total. The summed E-state index contributed by atoms with van der Waals surface area (Å²) in [5.74, 6) is 2.21. The minimum atomic E-state index is 0.697. The molecule has 2 heterocycles. The summed E-state index contributed by atoms with van der Waals surface area (Å²) in [6.07, 6.45) is 0.911. The van der Waals surface area contributed by atoms with E-state index in [1.807, 2.05) is 60.7 Å². The molecule has 0 aliphatic rings. The fourth-order valence-corrected chi connectivity index (χ4v) is 2.62. The van der Waals surface area contributed by atoms with Crippen molar-refractivity contribution < 1.29 is 0 Å². The van der Waals surface area contributed by atoms with Crippen molar-refractivity contribution in [1.29, 1.82) is 0 Å². The number of nitrogens with zero attached hydrogens (tertiary/aromatic N) is 3. The monoisotopic (exact) mass is 315 g/mol. The Morgan fingerprint density at radius 3 is 2.54 bits per heavy atom. The van der Waals surface area contributed by atoms with Crippen LogP contribution in [-0.2, 0) is 6.42 Å². The summed E-state index contributed by atoms with van der Waals surface area (Å²) in [7, 11) is 0. The van der Waals surface area contributed by atoms with Crippen LogP contribution in [0.15, 0.2) is 60.7 Å². The van der Waals surface area contributed by atoms with Crippen molar-refractivity contribution in [3.8, 4) is 11.4 Å². The number of aromatic nitrogens is 4. The number of nitrogens with one attached hydrogen (secondary N) is 2. The molecule has 118 valence electrons. The van der Waals surface area contributed by atoms with Gasteiger partial charge >= 0.3 is 0 Å². The average molecular weight is 315 g/mol. The third-order valence-electron chi connectivity index (χ3n) is 3.89. The lowest BCUT2D eigenvalue weighted by Gasteiger charge is -2.09. The predicted molar refractivity (Wildman–Crippen MR) is 96.2 cm³/mol. The van der Waals surface area contributed by atoms with Crippen LogP contribution in [0, 0.1) is 0 Å². The lowest BCUT2D eigenvalue weighted by Crippen LogP contribution is -1.99. The van der Waals surface area contributed by atoms with Crippen molar-refractivity contribution in [2.24, 2.45) is 0 Å². The van der Waals surface area contributed by atoms with Gasteiger partial charge in [0.25, 0.3) is 0 Å². The fraction of sp³-hybridized carbons (Fsp3) is 0.105. The van der Waals surface area contributed by atoms with Gasteiger partial charge < -0.3 is 5.32 Å². The molecule has 4 rings (SSSR count). The van der Waals surface area contributed by atoms with Crippen LogP contribution in [0.3, 0.4) is 0 Å². The molecule has 0 saturated carbocycles. The molecular formula is C19H17N5. The predicted octanol–water partition coefficient (Wildman–Crippen LogP) is 4.33. The molecule has 0 radical (unpaired) electrons. The molecule has 2 N–H and O–H groups in total. The fourth-order valence-electron chi connectivity index (χ4n) is 2.62. The minimum Gasteiger partial charge on any atom is -0.323 e. The smallest absolute Gasteiger partial charge is 0.162 e. The molecule has 0 aliphatic carbocycles. The van der Waals surface area contributed by atoms with Crippen molar-refractivity contribution in [2.45, 2.75) is 13.3 Å². The zero-order valence-corrected chi connectivity index (χ0v) is 13.3.